The second-order valence-corrected chi connectivity index (χ2v) is 4.68. The average Bonchev–Trinajstić information content (AvgIpc) is 2.93. The van der Waals surface area contributed by atoms with Crippen LogP contribution in [0.15, 0.2) is 48.5 Å². The van der Waals surface area contributed by atoms with Gasteiger partial charge in [-0.05, 0) is 18.6 Å². The molecule has 0 atom stereocenters. The molecule has 0 spiro atoms. The predicted molar refractivity (Wildman–Crippen MR) is 79.7 cm³/mol. The Balaban J connectivity index is 0.00000161. The van der Waals surface area contributed by atoms with Crippen LogP contribution < -0.4 is 0 Å². The van der Waals surface area contributed by atoms with E-state index in [9.17, 15) is 0 Å². The number of aryl methyl sites for hydroxylation is 2. The number of para-hydroxylation sites is 1. The third-order valence-electron chi connectivity index (χ3n) is 3.26. The van der Waals surface area contributed by atoms with Crippen LogP contribution in [-0.4, -0.2) is 14.8 Å². The monoisotopic (exact) mass is 455 g/mol. The van der Waals surface area contributed by atoms with Crippen molar-refractivity contribution in [3.05, 3.63) is 66.0 Å². The van der Waals surface area contributed by atoms with Crippen LogP contribution in [0.2, 0.25) is 0 Å². The summed E-state index contributed by atoms with van der Waals surface area (Å²) >= 11 is 0. The summed E-state index contributed by atoms with van der Waals surface area (Å²) in [5.41, 5.74) is 3.20. The summed E-state index contributed by atoms with van der Waals surface area (Å²) < 4.78 is 1.92. The number of aromatic nitrogens is 3. The van der Waals surface area contributed by atoms with E-state index in [1.54, 1.807) is 0 Å². The summed E-state index contributed by atoms with van der Waals surface area (Å²) in [6, 6.07) is 19.3. The quantitative estimate of drug-likeness (QED) is 0.567. The largest absolute Gasteiger partial charge is 0.262 e. The summed E-state index contributed by atoms with van der Waals surface area (Å²) in [5.74, 6) is 1.69. The molecule has 0 saturated carbocycles. The second kappa shape index (κ2) is 6.79. The first-order valence-electron chi connectivity index (χ1n) is 6.78. The van der Waals surface area contributed by atoms with Crippen LogP contribution in [0.3, 0.4) is 0 Å². The maximum absolute atomic E-state index is 4.64. The van der Waals surface area contributed by atoms with E-state index in [0.717, 1.165) is 29.3 Å². The third-order valence-corrected chi connectivity index (χ3v) is 3.26. The van der Waals surface area contributed by atoms with Gasteiger partial charge >= 0.3 is 0 Å². The second-order valence-electron chi connectivity index (χ2n) is 4.68. The normalized spacial score (nSPS) is 10.2. The van der Waals surface area contributed by atoms with E-state index < -0.39 is 0 Å². The summed E-state index contributed by atoms with van der Waals surface area (Å²) in [6.45, 7) is 4.15. The van der Waals surface area contributed by atoms with Crippen molar-refractivity contribution >= 4 is 0 Å². The Morgan fingerprint density at radius 2 is 1.86 bits per heavy atom. The SMILES string of the molecule is CCc1nc(-c2[c-]cccc2)n(-c2ccccc2C)n1.[Ir]. The van der Waals surface area contributed by atoms with E-state index >= 15 is 0 Å². The van der Waals surface area contributed by atoms with Gasteiger partial charge in [0.2, 0.25) is 0 Å². The zero-order chi connectivity index (χ0) is 13.9. The van der Waals surface area contributed by atoms with Crippen LogP contribution in [0.25, 0.3) is 17.1 Å². The minimum atomic E-state index is 0. The molecule has 0 unspecified atom stereocenters. The first-order valence-corrected chi connectivity index (χ1v) is 6.78. The molecule has 0 amide bonds. The molecule has 0 aliphatic heterocycles. The number of hydrogen-bond acceptors (Lipinski definition) is 2. The van der Waals surface area contributed by atoms with E-state index in [1.807, 2.05) is 41.1 Å². The van der Waals surface area contributed by atoms with Crippen molar-refractivity contribution in [2.75, 3.05) is 0 Å². The van der Waals surface area contributed by atoms with Gasteiger partial charge in [-0.1, -0.05) is 25.1 Å². The molecule has 1 aromatic heterocycles. The number of hydrogen-bond donors (Lipinski definition) is 0. The van der Waals surface area contributed by atoms with E-state index in [4.69, 9.17) is 0 Å². The number of benzene rings is 2. The summed E-state index contributed by atoms with van der Waals surface area (Å²) in [4.78, 5) is 4.64. The molecule has 3 nitrogen and oxygen atoms in total. The molecule has 0 N–H and O–H groups in total. The van der Waals surface area contributed by atoms with Gasteiger partial charge in [0.15, 0.2) is 0 Å². The Labute approximate surface area is 138 Å². The van der Waals surface area contributed by atoms with Gasteiger partial charge in [-0.2, -0.15) is 5.10 Å². The van der Waals surface area contributed by atoms with Crippen molar-refractivity contribution in [2.45, 2.75) is 20.3 Å². The molecule has 21 heavy (non-hydrogen) atoms. The Morgan fingerprint density at radius 3 is 2.52 bits per heavy atom. The zero-order valence-corrected chi connectivity index (χ0v) is 14.4. The van der Waals surface area contributed by atoms with Crippen LogP contribution in [0.4, 0.5) is 0 Å². The summed E-state index contributed by atoms with van der Waals surface area (Å²) in [6.07, 6.45) is 0.818. The van der Waals surface area contributed by atoms with E-state index in [-0.39, 0.29) is 20.1 Å². The van der Waals surface area contributed by atoms with Gasteiger partial charge in [0.25, 0.3) is 0 Å². The minimum Gasteiger partial charge on any atom is -0.262 e. The smallest absolute Gasteiger partial charge is 0.140 e. The zero-order valence-electron chi connectivity index (χ0n) is 12.0. The fourth-order valence-electron chi connectivity index (χ4n) is 2.18. The molecular formula is C17H16IrN3-. The van der Waals surface area contributed by atoms with Gasteiger partial charge in [-0.25, -0.2) is 0 Å². The summed E-state index contributed by atoms with van der Waals surface area (Å²) in [5, 5.41) is 4.62. The molecule has 3 rings (SSSR count). The molecule has 0 aliphatic rings. The van der Waals surface area contributed by atoms with Crippen LogP contribution in [0, 0.1) is 13.0 Å². The molecule has 109 valence electrons. The Kier molecular flexibility index (Phi) is 5.05. The molecule has 0 fully saturated rings. The topological polar surface area (TPSA) is 30.7 Å². The van der Waals surface area contributed by atoms with Crippen molar-refractivity contribution in [3.63, 3.8) is 0 Å². The van der Waals surface area contributed by atoms with Gasteiger partial charge in [0.1, 0.15) is 5.82 Å². The van der Waals surface area contributed by atoms with Gasteiger partial charge in [0.05, 0.1) is 11.5 Å². The van der Waals surface area contributed by atoms with Crippen LogP contribution in [0.5, 0.6) is 0 Å². The van der Waals surface area contributed by atoms with E-state index in [0.29, 0.717) is 0 Å². The van der Waals surface area contributed by atoms with Gasteiger partial charge < -0.3 is 0 Å². The first-order chi connectivity index (χ1) is 9.79. The van der Waals surface area contributed by atoms with Gasteiger partial charge in [0, 0.05) is 26.5 Å². The van der Waals surface area contributed by atoms with Crippen molar-refractivity contribution < 1.29 is 20.1 Å². The first kappa shape index (κ1) is 15.6. The minimum absolute atomic E-state index is 0. The average molecular weight is 455 g/mol. The van der Waals surface area contributed by atoms with Crippen molar-refractivity contribution in [2.24, 2.45) is 0 Å². The Hall–Kier alpha value is -1.77. The van der Waals surface area contributed by atoms with Crippen LogP contribution in [-0.2, 0) is 26.5 Å². The number of rotatable bonds is 3. The van der Waals surface area contributed by atoms with Crippen LogP contribution >= 0.6 is 0 Å². The van der Waals surface area contributed by atoms with E-state index in [2.05, 4.69) is 42.1 Å². The van der Waals surface area contributed by atoms with Gasteiger partial charge in [-0.15, -0.1) is 35.9 Å². The van der Waals surface area contributed by atoms with Gasteiger partial charge in [-0.3, -0.25) is 9.67 Å². The predicted octanol–water partition coefficient (Wildman–Crippen LogP) is 3.60. The van der Waals surface area contributed by atoms with E-state index in [1.165, 1.54) is 5.56 Å². The molecule has 1 heterocycles. The molecule has 0 saturated heterocycles. The van der Waals surface area contributed by atoms with Crippen LogP contribution in [0.1, 0.15) is 18.3 Å². The molecule has 1 radical (unpaired) electrons. The molecule has 2 aromatic carbocycles. The fourth-order valence-corrected chi connectivity index (χ4v) is 2.18. The molecule has 3 aromatic rings. The molecular weight excluding hydrogens is 438 g/mol. The standard InChI is InChI=1S/C17H16N3.Ir/c1-3-16-18-17(14-10-5-4-6-11-14)20(19-16)15-12-8-7-9-13(15)2;/h4-10,12H,3H2,1-2H3;/q-1;. The molecule has 0 aliphatic carbocycles. The maximum atomic E-state index is 4.64. The van der Waals surface area contributed by atoms with Crippen molar-refractivity contribution in [3.8, 4) is 17.1 Å². The number of nitrogens with zero attached hydrogens (tertiary/aromatic N) is 3. The maximum Gasteiger partial charge on any atom is 0.140 e. The summed E-state index contributed by atoms with van der Waals surface area (Å²) in [7, 11) is 0. The van der Waals surface area contributed by atoms with Crippen molar-refractivity contribution in [1.82, 2.24) is 14.8 Å². The Morgan fingerprint density at radius 1 is 1.10 bits per heavy atom. The third kappa shape index (κ3) is 3.12. The Bertz CT molecular complexity index is 720. The van der Waals surface area contributed by atoms with Crippen molar-refractivity contribution in [1.29, 1.82) is 0 Å². The molecule has 4 heteroatoms. The fraction of sp³-hybridized carbons (Fsp3) is 0.176. The molecule has 0 bridgehead atoms.